The van der Waals surface area contributed by atoms with Gasteiger partial charge in [0.05, 0.1) is 5.69 Å². The summed E-state index contributed by atoms with van der Waals surface area (Å²) in [4.78, 5) is 4.76. The van der Waals surface area contributed by atoms with Crippen molar-refractivity contribution in [2.45, 2.75) is 51.4 Å². The predicted octanol–water partition coefficient (Wildman–Crippen LogP) is 3.66. The second-order valence-corrected chi connectivity index (χ2v) is 5.51. The molecule has 3 rings (SSSR count). The van der Waals surface area contributed by atoms with Crippen molar-refractivity contribution in [3.63, 3.8) is 0 Å². The maximum atomic E-state index is 6.29. The maximum absolute atomic E-state index is 6.29. The van der Waals surface area contributed by atoms with E-state index in [1.165, 1.54) is 44.1 Å². The normalized spacial score (nSPS) is 18.1. The Labute approximate surface area is 108 Å². The van der Waals surface area contributed by atoms with Crippen LogP contribution in [-0.2, 0) is 0 Å². The second kappa shape index (κ2) is 4.63. The van der Waals surface area contributed by atoms with Gasteiger partial charge in [-0.05, 0) is 31.4 Å². The molecule has 0 atom stereocenters. The molecule has 0 unspecified atom stereocenters. The number of hydrogen-bond donors (Lipinski definition) is 1. The Morgan fingerprint density at radius 1 is 1.17 bits per heavy atom. The van der Waals surface area contributed by atoms with Crippen LogP contribution in [0.1, 0.15) is 55.7 Å². The molecule has 0 spiro atoms. The highest BCUT2D eigenvalue weighted by Gasteiger charge is 2.20. The fourth-order valence-corrected chi connectivity index (χ4v) is 3.04. The van der Waals surface area contributed by atoms with Gasteiger partial charge in [0.1, 0.15) is 11.5 Å². The van der Waals surface area contributed by atoms with E-state index in [1.54, 1.807) is 0 Å². The number of aromatic nitrogens is 2. The Morgan fingerprint density at radius 3 is 2.61 bits per heavy atom. The molecule has 2 aromatic heterocycles. The summed E-state index contributed by atoms with van der Waals surface area (Å²) in [6.07, 6.45) is 9.93. The zero-order valence-corrected chi connectivity index (χ0v) is 11.0. The van der Waals surface area contributed by atoms with Gasteiger partial charge in [-0.3, -0.25) is 4.40 Å². The molecule has 0 saturated heterocycles. The van der Waals surface area contributed by atoms with Crippen molar-refractivity contribution >= 4 is 11.5 Å². The highest BCUT2D eigenvalue weighted by Crippen LogP contribution is 2.34. The molecule has 18 heavy (non-hydrogen) atoms. The minimum Gasteiger partial charge on any atom is -0.383 e. The summed E-state index contributed by atoms with van der Waals surface area (Å²) in [6.45, 7) is 2.09. The quantitative estimate of drug-likeness (QED) is 0.777. The average Bonchev–Trinajstić information content (AvgIpc) is 2.59. The zero-order valence-electron chi connectivity index (χ0n) is 11.0. The number of anilines is 1. The van der Waals surface area contributed by atoms with Crippen LogP contribution in [0.15, 0.2) is 18.3 Å². The van der Waals surface area contributed by atoms with E-state index in [1.807, 2.05) is 4.40 Å². The van der Waals surface area contributed by atoms with E-state index in [4.69, 9.17) is 10.7 Å². The summed E-state index contributed by atoms with van der Waals surface area (Å²) in [6, 6.07) is 4.16. The van der Waals surface area contributed by atoms with E-state index < -0.39 is 0 Å². The number of hydrogen-bond acceptors (Lipinski definition) is 2. The van der Waals surface area contributed by atoms with Gasteiger partial charge in [0.2, 0.25) is 0 Å². The fourth-order valence-electron chi connectivity index (χ4n) is 3.04. The molecule has 2 N–H and O–H groups in total. The molecule has 0 radical (unpaired) electrons. The number of nitrogens with zero attached hydrogens (tertiary/aromatic N) is 2. The van der Waals surface area contributed by atoms with Crippen LogP contribution >= 0.6 is 0 Å². The smallest absolute Gasteiger partial charge is 0.138 e. The number of rotatable bonds is 1. The first-order valence-corrected chi connectivity index (χ1v) is 7.00. The lowest BCUT2D eigenvalue weighted by Gasteiger charge is -2.11. The van der Waals surface area contributed by atoms with Crippen molar-refractivity contribution in [3.05, 3.63) is 29.6 Å². The maximum Gasteiger partial charge on any atom is 0.138 e. The number of nitrogens with two attached hydrogens (primary N) is 1. The first-order valence-electron chi connectivity index (χ1n) is 7.00. The van der Waals surface area contributed by atoms with Crippen molar-refractivity contribution in [2.24, 2.45) is 0 Å². The molecule has 0 bridgehead atoms. The Morgan fingerprint density at radius 2 is 1.89 bits per heavy atom. The van der Waals surface area contributed by atoms with E-state index in [-0.39, 0.29) is 0 Å². The molecule has 0 amide bonds. The van der Waals surface area contributed by atoms with Crippen LogP contribution in [-0.4, -0.2) is 9.38 Å². The first-order chi connectivity index (χ1) is 8.75. The SMILES string of the molecule is Cc1ccc2nc(C3CCCCCC3)c(N)n2c1. The third kappa shape index (κ3) is 1.98. The third-order valence-electron chi connectivity index (χ3n) is 4.07. The van der Waals surface area contributed by atoms with Crippen LogP contribution in [0.5, 0.6) is 0 Å². The Hall–Kier alpha value is -1.51. The van der Waals surface area contributed by atoms with Crippen molar-refractivity contribution in [3.8, 4) is 0 Å². The van der Waals surface area contributed by atoms with Crippen LogP contribution < -0.4 is 5.73 Å². The summed E-state index contributed by atoms with van der Waals surface area (Å²) in [7, 11) is 0. The van der Waals surface area contributed by atoms with Crippen molar-refractivity contribution in [2.75, 3.05) is 5.73 Å². The predicted molar refractivity (Wildman–Crippen MR) is 74.8 cm³/mol. The lowest BCUT2D eigenvalue weighted by molar-refractivity contribution is 0.582. The molecule has 1 aliphatic rings. The van der Waals surface area contributed by atoms with Gasteiger partial charge in [0.15, 0.2) is 0 Å². The van der Waals surface area contributed by atoms with Gasteiger partial charge in [0.25, 0.3) is 0 Å². The molecule has 1 fully saturated rings. The third-order valence-corrected chi connectivity index (χ3v) is 4.07. The van der Waals surface area contributed by atoms with Gasteiger partial charge in [-0.15, -0.1) is 0 Å². The molecule has 2 heterocycles. The summed E-state index contributed by atoms with van der Waals surface area (Å²) in [5.41, 5.74) is 9.62. The van der Waals surface area contributed by atoms with Gasteiger partial charge in [0, 0.05) is 12.1 Å². The van der Waals surface area contributed by atoms with E-state index in [0.29, 0.717) is 5.92 Å². The molecule has 0 aliphatic heterocycles. The average molecular weight is 243 g/mol. The van der Waals surface area contributed by atoms with Crippen LogP contribution in [0.4, 0.5) is 5.82 Å². The number of nitrogen functional groups attached to an aromatic ring is 1. The molecule has 96 valence electrons. The second-order valence-electron chi connectivity index (χ2n) is 5.51. The van der Waals surface area contributed by atoms with Crippen LogP contribution in [0, 0.1) is 6.92 Å². The molecular formula is C15H21N3. The number of imidazole rings is 1. The minimum absolute atomic E-state index is 0.563. The van der Waals surface area contributed by atoms with Crippen LogP contribution in [0.2, 0.25) is 0 Å². The van der Waals surface area contributed by atoms with E-state index in [9.17, 15) is 0 Å². The monoisotopic (exact) mass is 243 g/mol. The summed E-state index contributed by atoms with van der Waals surface area (Å²) < 4.78 is 2.04. The molecule has 1 saturated carbocycles. The fraction of sp³-hybridized carbons (Fsp3) is 0.533. The molecule has 2 aromatic rings. The van der Waals surface area contributed by atoms with E-state index >= 15 is 0 Å². The molecular weight excluding hydrogens is 222 g/mol. The van der Waals surface area contributed by atoms with E-state index in [2.05, 4.69) is 25.3 Å². The van der Waals surface area contributed by atoms with Crippen molar-refractivity contribution in [1.82, 2.24) is 9.38 Å². The number of pyridine rings is 1. The van der Waals surface area contributed by atoms with Gasteiger partial charge in [-0.25, -0.2) is 4.98 Å². The largest absolute Gasteiger partial charge is 0.383 e. The van der Waals surface area contributed by atoms with Gasteiger partial charge in [-0.1, -0.05) is 31.7 Å². The first kappa shape index (κ1) is 11.6. The van der Waals surface area contributed by atoms with Gasteiger partial charge < -0.3 is 5.73 Å². The highest BCUT2D eigenvalue weighted by molar-refractivity contribution is 5.54. The lowest BCUT2D eigenvalue weighted by Crippen LogP contribution is -2.03. The van der Waals surface area contributed by atoms with Gasteiger partial charge in [-0.2, -0.15) is 0 Å². The topological polar surface area (TPSA) is 43.3 Å². The number of aryl methyl sites for hydroxylation is 1. The van der Waals surface area contributed by atoms with E-state index in [0.717, 1.165) is 17.2 Å². The highest BCUT2D eigenvalue weighted by atomic mass is 15.1. The zero-order chi connectivity index (χ0) is 12.5. The molecule has 0 aromatic carbocycles. The summed E-state index contributed by atoms with van der Waals surface area (Å²) in [5, 5.41) is 0. The lowest BCUT2D eigenvalue weighted by atomic mass is 9.97. The van der Waals surface area contributed by atoms with Crippen LogP contribution in [0.3, 0.4) is 0 Å². The molecule has 3 nitrogen and oxygen atoms in total. The number of fused-ring (bicyclic) bond motifs is 1. The summed E-state index contributed by atoms with van der Waals surface area (Å²) in [5.74, 6) is 1.41. The standard InChI is InChI=1S/C15H21N3/c1-11-8-9-13-17-14(15(16)18(13)10-11)12-6-4-2-3-5-7-12/h8-10,12H,2-7,16H2,1H3. The Balaban J connectivity index is 2.03. The molecule has 3 heteroatoms. The van der Waals surface area contributed by atoms with Crippen LogP contribution in [0.25, 0.3) is 5.65 Å². The van der Waals surface area contributed by atoms with Gasteiger partial charge >= 0.3 is 0 Å². The Kier molecular flexibility index (Phi) is 2.98. The molecule has 1 aliphatic carbocycles. The minimum atomic E-state index is 0.563. The van der Waals surface area contributed by atoms with Crippen molar-refractivity contribution in [1.29, 1.82) is 0 Å². The summed E-state index contributed by atoms with van der Waals surface area (Å²) >= 11 is 0. The Bertz CT molecular complexity index is 548. The van der Waals surface area contributed by atoms with Crippen molar-refractivity contribution < 1.29 is 0 Å².